The van der Waals surface area contributed by atoms with Crippen LogP contribution in [-0.2, 0) is 11.2 Å². The molecule has 2 aliphatic rings. The van der Waals surface area contributed by atoms with Gasteiger partial charge in [0.1, 0.15) is 12.4 Å². The molecule has 3 aromatic rings. The lowest BCUT2D eigenvalue weighted by Gasteiger charge is -2.20. The molecule has 194 valence electrons. The summed E-state index contributed by atoms with van der Waals surface area (Å²) in [5, 5.41) is 7.30. The van der Waals surface area contributed by atoms with E-state index in [2.05, 4.69) is 57.3 Å². The summed E-state index contributed by atoms with van der Waals surface area (Å²) in [5.74, 6) is 1.47. The number of nitrogens with zero attached hydrogens (tertiary/aromatic N) is 4. The first-order valence-corrected chi connectivity index (χ1v) is 14.0. The topological polar surface area (TPSA) is 92.3 Å². The highest BCUT2D eigenvalue weighted by molar-refractivity contribution is 7.99. The van der Waals surface area contributed by atoms with Crippen molar-refractivity contribution in [2.24, 2.45) is 0 Å². The number of anilines is 1. The number of pyridine rings is 1. The summed E-state index contributed by atoms with van der Waals surface area (Å²) in [6, 6.07) is 8.79. The van der Waals surface area contributed by atoms with Crippen LogP contribution < -0.4 is 15.4 Å². The average molecular weight is 539 g/mol. The van der Waals surface area contributed by atoms with E-state index in [9.17, 15) is 4.79 Å². The van der Waals surface area contributed by atoms with Crippen LogP contribution in [-0.4, -0.2) is 70.8 Å². The van der Waals surface area contributed by atoms with Crippen molar-refractivity contribution in [2.75, 3.05) is 44.4 Å². The summed E-state index contributed by atoms with van der Waals surface area (Å²) in [6.45, 7) is 5.93. The van der Waals surface area contributed by atoms with Crippen LogP contribution in [0.3, 0.4) is 0 Å². The van der Waals surface area contributed by atoms with Gasteiger partial charge in [0.15, 0.2) is 5.65 Å². The van der Waals surface area contributed by atoms with Crippen LogP contribution in [0.1, 0.15) is 24.8 Å². The van der Waals surface area contributed by atoms with Crippen LogP contribution in [0, 0.1) is 0 Å². The van der Waals surface area contributed by atoms with Gasteiger partial charge < -0.3 is 20.3 Å². The Morgan fingerprint density at radius 3 is 3.00 bits per heavy atom. The van der Waals surface area contributed by atoms with Crippen molar-refractivity contribution in [1.29, 1.82) is 0 Å². The fraction of sp³-hybridized carbons (Fsp3) is 0.407. The number of hydrogen-bond donors (Lipinski definition) is 2. The molecular weight excluding hydrogens is 508 g/mol. The van der Waals surface area contributed by atoms with Gasteiger partial charge in [-0.05, 0) is 68.8 Å². The molecule has 1 saturated heterocycles. The van der Waals surface area contributed by atoms with E-state index in [-0.39, 0.29) is 11.9 Å². The summed E-state index contributed by atoms with van der Waals surface area (Å²) in [7, 11) is 2.11. The molecule has 10 heteroatoms. The number of thioether (sulfide) groups is 1. The Kier molecular flexibility index (Phi) is 8.12. The van der Waals surface area contributed by atoms with E-state index in [1.54, 1.807) is 0 Å². The maximum atomic E-state index is 11.5. The Hall–Kier alpha value is -2.88. The molecule has 4 heterocycles. The van der Waals surface area contributed by atoms with Crippen LogP contribution >= 0.6 is 23.4 Å². The van der Waals surface area contributed by atoms with Gasteiger partial charge in [0, 0.05) is 29.6 Å². The van der Waals surface area contributed by atoms with Gasteiger partial charge in [-0.25, -0.2) is 4.98 Å². The number of likely N-dealkylation sites (N-methyl/N-ethyl adjacent to an activating group) is 1. The van der Waals surface area contributed by atoms with E-state index < -0.39 is 0 Å². The minimum Gasteiger partial charge on any atom is -0.462 e. The van der Waals surface area contributed by atoms with E-state index in [4.69, 9.17) is 21.3 Å². The number of ether oxygens (including phenoxy) is 1. The lowest BCUT2D eigenvalue weighted by Crippen LogP contribution is -2.31. The van der Waals surface area contributed by atoms with Crippen LogP contribution in [0.4, 0.5) is 5.82 Å². The largest absolute Gasteiger partial charge is 0.462 e. The second kappa shape index (κ2) is 11.7. The van der Waals surface area contributed by atoms with Crippen molar-refractivity contribution in [3.63, 3.8) is 0 Å². The number of likely N-dealkylation sites (tertiary alicyclic amines) is 1. The number of amides is 1. The molecule has 0 aliphatic carbocycles. The number of hydrogen-bond acceptors (Lipinski definition) is 8. The zero-order valence-corrected chi connectivity index (χ0v) is 22.5. The lowest BCUT2D eigenvalue weighted by atomic mass is 9.99. The normalized spacial score (nSPS) is 17.4. The zero-order chi connectivity index (χ0) is 25.8. The predicted molar refractivity (Wildman–Crippen MR) is 150 cm³/mol. The predicted octanol–water partition coefficient (Wildman–Crippen LogP) is 4.57. The number of nitrogens with one attached hydrogen (secondary N) is 2. The van der Waals surface area contributed by atoms with Crippen LogP contribution in [0.2, 0.25) is 5.02 Å². The third-order valence-corrected chi connectivity index (χ3v) is 8.29. The van der Waals surface area contributed by atoms with E-state index in [1.165, 1.54) is 16.5 Å². The molecule has 5 rings (SSSR count). The Morgan fingerprint density at radius 2 is 2.19 bits per heavy atom. The van der Waals surface area contributed by atoms with Gasteiger partial charge in [-0.1, -0.05) is 30.3 Å². The van der Waals surface area contributed by atoms with Crippen molar-refractivity contribution < 1.29 is 9.53 Å². The molecule has 0 unspecified atom stereocenters. The van der Waals surface area contributed by atoms with Crippen molar-refractivity contribution >= 4 is 46.1 Å². The fourth-order valence-electron chi connectivity index (χ4n) is 4.81. The highest BCUT2D eigenvalue weighted by Gasteiger charge is 2.23. The molecule has 8 nitrogen and oxygen atoms in total. The number of fused-ring (bicyclic) bond motifs is 2. The number of halogens is 1. The summed E-state index contributed by atoms with van der Waals surface area (Å²) < 4.78 is 6.07. The minimum atomic E-state index is -0.224. The molecule has 0 saturated carbocycles. The van der Waals surface area contributed by atoms with Crippen molar-refractivity contribution in [2.45, 2.75) is 36.6 Å². The zero-order valence-electron chi connectivity index (χ0n) is 20.9. The molecule has 1 amide bonds. The maximum absolute atomic E-state index is 11.5. The van der Waals surface area contributed by atoms with Crippen molar-refractivity contribution in [3.05, 3.63) is 47.5 Å². The lowest BCUT2D eigenvalue weighted by molar-refractivity contribution is -0.116. The highest BCUT2D eigenvalue weighted by Crippen LogP contribution is 2.39. The average Bonchev–Trinajstić information content (AvgIpc) is 3.33. The van der Waals surface area contributed by atoms with Gasteiger partial charge in [-0.3, -0.25) is 4.79 Å². The van der Waals surface area contributed by atoms with Gasteiger partial charge in [0.25, 0.3) is 0 Å². The maximum Gasteiger partial charge on any atom is 0.320 e. The Balaban J connectivity index is 1.49. The van der Waals surface area contributed by atoms with E-state index >= 15 is 0 Å². The second-order valence-electron chi connectivity index (χ2n) is 9.29. The second-order valence-corrected chi connectivity index (χ2v) is 10.8. The molecule has 37 heavy (non-hydrogen) atoms. The standard InChI is InChI=1S/C27H31ClN6O2S/c1-3-23(35)29-11-12-30-25-20-15-21(28)24(19-8-4-10-22-18(19)9-6-14-37-22)31-26(20)33-27(32-25)36-16-17-7-5-13-34(17)2/h3-4,8,10,15,17H,1,5-7,9,11-14,16H2,2H3,(H,29,35)(H,30,31,32,33)/t17-/m0/s1. The summed E-state index contributed by atoms with van der Waals surface area (Å²) in [4.78, 5) is 29.4. The molecule has 2 N–H and O–H groups in total. The summed E-state index contributed by atoms with van der Waals surface area (Å²) in [6.07, 6.45) is 5.64. The van der Waals surface area contributed by atoms with Crippen molar-refractivity contribution in [1.82, 2.24) is 25.2 Å². The molecule has 2 aliphatic heterocycles. The van der Waals surface area contributed by atoms with Gasteiger partial charge in [-0.2, -0.15) is 9.97 Å². The molecule has 1 atom stereocenters. The minimum absolute atomic E-state index is 0.224. The Labute approximate surface area is 226 Å². The Morgan fingerprint density at radius 1 is 1.30 bits per heavy atom. The van der Waals surface area contributed by atoms with Gasteiger partial charge in [-0.15, -0.1) is 11.8 Å². The SMILES string of the molecule is C=CC(=O)NCCNc1nc(OC[C@@H]2CCCN2C)nc2nc(-c3cccc4c3CCCS4)c(Cl)cc12. The van der Waals surface area contributed by atoms with E-state index in [0.29, 0.717) is 47.6 Å². The Bertz CT molecular complexity index is 1320. The number of benzene rings is 1. The molecule has 0 spiro atoms. The first-order valence-electron chi connectivity index (χ1n) is 12.6. The van der Waals surface area contributed by atoms with E-state index in [1.807, 2.05) is 17.8 Å². The molecule has 1 aromatic carbocycles. The molecule has 0 radical (unpaired) electrons. The van der Waals surface area contributed by atoms with Crippen LogP contribution in [0.25, 0.3) is 22.3 Å². The van der Waals surface area contributed by atoms with Gasteiger partial charge >= 0.3 is 6.01 Å². The molecular formula is C27H31ClN6O2S. The molecule has 2 aromatic heterocycles. The summed E-state index contributed by atoms with van der Waals surface area (Å²) >= 11 is 8.70. The molecule has 1 fully saturated rings. The first kappa shape index (κ1) is 25.8. The van der Waals surface area contributed by atoms with Gasteiger partial charge in [0.2, 0.25) is 5.91 Å². The summed E-state index contributed by atoms with van der Waals surface area (Å²) in [5.41, 5.74) is 3.58. The van der Waals surface area contributed by atoms with E-state index in [0.717, 1.165) is 49.2 Å². The number of carbonyl (C=O) groups is 1. The monoisotopic (exact) mass is 538 g/mol. The quantitative estimate of drug-likeness (QED) is 0.302. The number of aromatic nitrogens is 3. The van der Waals surface area contributed by atoms with Crippen molar-refractivity contribution in [3.8, 4) is 17.3 Å². The van der Waals surface area contributed by atoms with Crippen LogP contribution in [0.15, 0.2) is 41.8 Å². The van der Waals surface area contributed by atoms with Gasteiger partial charge in [0.05, 0.1) is 16.1 Å². The number of rotatable bonds is 9. The fourth-order valence-corrected chi connectivity index (χ4v) is 6.13. The third-order valence-electron chi connectivity index (χ3n) is 6.82. The first-order chi connectivity index (χ1) is 18.0. The van der Waals surface area contributed by atoms with Crippen LogP contribution in [0.5, 0.6) is 6.01 Å². The smallest absolute Gasteiger partial charge is 0.320 e. The molecule has 0 bridgehead atoms. The third kappa shape index (κ3) is 5.84. The number of carbonyl (C=O) groups excluding carboxylic acids is 1. The highest BCUT2D eigenvalue weighted by atomic mass is 35.5.